The minimum Gasteiger partial charge on any atom is -0.328 e. The van der Waals surface area contributed by atoms with Crippen molar-refractivity contribution < 1.29 is 4.79 Å². The van der Waals surface area contributed by atoms with Crippen LogP contribution in [0, 0.1) is 6.92 Å². The van der Waals surface area contributed by atoms with Crippen LogP contribution in [-0.2, 0) is 10.5 Å². The number of hydrogen-bond donors (Lipinski definition) is 1. The average molecular weight is 481 g/mol. The molecule has 1 N–H and O–H groups in total. The van der Waals surface area contributed by atoms with E-state index < -0.39 is 0 Å². The van der Waals surface area contributed by atoms with E-state index in [4.69, 9.17) is 10.1 Å². The lowest BCUT2D eigenvalue weighted by Gasteiger charge is -2.32. The first-order valence-corrected chi connectivity index (χ1v) is 11.8. The van der Waals surface area contributed by atoms with Crippen molar-refractivity contribution in [3.05, 3.63) is 81.0 Å². The smallest absolute Gasteiger partial charge is 0.227 e. The number of ketones is 1. The molecule has 0 radical (unpaired) electrons. The first-order chi connectivity index (χ1) is 14.6. The Morgan fingerprint density at radius 2 is 1.97 bits per heavy atom. The number of anilines is 1. The molecule has 0 bridgehead atoms. The number of carbonyl (C=O) groups is 1. The zero-order valence-corrected chi connectivity index (χ0v) is 19.0. The monoisotopic (exact) mass is 480 g/mol. The Labute approximate surface area is 188 Å². The third-order valence-corrected chi connectivity index (χ3v) is 7.07. The van der Waals surface area contributed by atoms with Gasteiger partial charge in [0.15, 0.2) is 5.78 Å². The molecule has 5 rings (SSSR count). The maximum atomic E-state index is 12.9. The summed E-state index contributed by atoms with van der Waals surface area (Å²) in [4.78, 5) is 17.6. The third-order valence-electron chi connectivity index (χ3n) is 5.65. The molecule has 2 heterocycles. The van der Waals surface area contributed by atoms with E-state index in [0.717, 1.165) is 45.1 Å². The number of thioether (sulfide) groups is 1. The highest BCUT2D eigenvalue weighted by atomic mass is 79.9. The normalized spacial score (nSPS) is 18.1. The fraction of sp³-hybridized carbons (Fsp3) is 0.261. The van der Waals surface area contributed by atoms with Crippen molar-refractivity contribution in [3.8, 4) is 0 Å². The van der Waals surface area contributed by atoms with Gasteiger partial charge in [0.2, 0.25) is 11.1 Å². The van der Waals surface area contributed by atoms with Crippen LogP contribution in [0.1, 0.15) is 42.0 Å². The number of hydrogen-bond acceptors (Lipinski definition) is 5. The van der Waals surface area contributed by atoms with Gasteiger partial charge in [-0.05, 0) is 48.6 Å². The number of benzene rings is 2. The number of Topliss-reactive ketones (excluding diaryl/α,β-unsaturated/α-hetero) is 1. The average Bonchev–Trinajstić information content (AvgIpc) is 3.15. The second kappa shape index (κ2) is 8.04. The van der Waals surface area contributed by atoms with Gasteiger partial charge in [0.1, 0.15) is 6.04 Å². The molecule has 1 aliphatic heterocycles. The molecule has 1 aliphatic carbocycles. The first-order valence-electron chi connectivity index (χ1n) is 10.0. The fourth-order valence-electron chi connectivity index (χ4n) is 4.07. The predicted octanol–water partition coefficient (Wildman–Crippen LogP) is 5.66. The summed E-state index contributed by atoms with van der Waals surface area (Å²) in [6, 6.07) is 16.3. The molecule has 1 aromatic heterocycles. The number of halogens is 1. The van der Waals surface area contributed by atoms with Gasteiger partial charge in [0.25, 0.3) is 0 Å². The van der Waals surface area contributed by atoms with Crippen molar-refractivity contribution in [3.63, 3.8) is 0 Å². The summed E-state index contributed by atoms with van der Waals surface area (Å²) >= 11 is 5.13. The van der Waals surface area contributed by atoms with Crippen molar-refractivity contribution in [1.29, 1.82) is 0 Å². The number of nitrogens with one attached hydrogen (secondary N) is 1. The summed E-state index contributed by atoms with van der Waals surface area (Å²) in [5, 5.41) is 8.92. The molecule has 0 saturated carbocycles. The van der Waals surface area contributed by atoms with E-state index in [2.05, 4.69) is 64.6 Å². The van der Waals surface area contributed by atoms with Crippen LogP contribution in [0.15, 0.2) is 69.4 Å². The largest absolute Gasteiger partial charge is 0.328 e. The molecule has 0 fully saturated rings. The van der Waals surface area contributed by atoms with Gasteiger partial charge >= 0.3 is 0 Å². The van der Waals surface area contributed by atoms with Crippen LogP contribution in [0.25, 0.3) is 0 Å². The zero-order chi connectivity index (χ0) is 20.7. The topological polar surface area (TPSA) is 59.8 Å². The lowest BCUT2D eigenvalue weighted by molar-refractivity contribution is -0.116. The van der Waals surface area contributed by atoms with Crippen LogP contribution in [0.2, 0.25) is 0 Å². The highest BCUT2D eigenvalue weighted by molar-refractivity contribution is 9.10. The molecule has 2 aromatic carbocycles. The predicted molar refractivity (Wildman–Crippen MR) is 123 cm³/mol. The van der Waals surface area contributed by atoms with Gasteiger partial charge in [-0.25, -0.2) is 4.68 Å². The molecule has 0 amide bonds. The summed E-state index contributed by atoms with van der Waals surface area (Å²) in [6.45, 7) is 2.12. The van der Waals surface area contributed by atoms with E-state index >= 15 is 0 Å². The van der Waals surface area contributed by atoms with Crippen molar-refractivity contribution in [2.75, 3.05) is 5.32 Å². The van der Waals surface area contributed by atoms with E-state index in [1.54, 1.807) is 11.8 Å². The zero-order valence-electron chi connectivity index (χ0n) is 16.6. The molecule has 152 valence electrons. The summed E-state index contributed by atoms with van der Waals surface area (Å²) in [6.07, 6.45) is 2.33. The minimum atomic E-state index is -0.238. The maximum absolute atomic E-state index is 12.9. The Kier molecular flexibility index (Phi) is 5.25. The number of fused-ring (bicyclic) bond motifs is 1. The Morgan fingerprint density at radius 3 is 2.77 bits per heavy atom. The Hall–Kier alpha value is -2.38. The number of aromatic nitrogens is 3. The number of carbonyl (C=O) groups excluding carboxylic acids is 1. The molecule has 1 unspecified atom stereocenters. The van der Waals surface area contributed by atoms with E-state index in [0.29, 0.717) is 12.4 Å². The molecule has 7 heteroatoms. The van der Waals surface area contributed by atoms with Crippen LogP contribution < -0.4 is 5.32 Å². The van der Waals surface area contributed by atoms with Gasteiger partial charge in [-0.3, -0.25) is 4.79 Å². The second-order valence-corrected chi connectivity index (χ2v) is 9.48. The van der Waals surface area contributed by atoms with Crippen LogP contribution in [0.5, 0.6) is 0 Å². The van der Waals surface area contributed by atoms with Crippen molar-refractivity contribution in [2.24, 2.45) is 0 Å². The Morgan fingerprint density at radius 1 is 1.17 bits per heavy atom. The standard InChI is InChI=1S/C23H21BrN4OS/c1-14-5-2-3-6-16(14)13-30-23-26-22-25-18-7-4-8-19(29)20(18)21(28(22)27-23)15-9-11-17(24)12-10-15/h2-3,5-6,9-12,21H,4,7-8,13H2,1H3,(H,25,26,27). The van der Waals surface area contributed by atoms with Crippen LogP contribution in [0.3, 0.4) is 0 Å². The minimum absolute atomic E-state index is 0.201. The highest BCUT2D eigenvalue weighted by Crippen LogP contribution is 2.41. The van der Waals surface area contributed by atoms with Crippen LogP contribution in [-0.4, -0.2) is 20.5 Å². The van der Waals surface area contributed by atoms with E-state index in [-0.39, 0.29) is 11.8 Å². The van der Waals surface area contributed by atoms with Gasteiger partial charge in [0, 0.05) is 27.9 Å². The van der Waals surface area contributed by atoms with Gasteiger partial charge in [-0.2, -0.15) is 4.98 Å². The third kappa shape index (κ3) is 3.61. The van der Waals surface area contributed by atoms with Gasteiger partial charge < -0.3 is 5.32 Å². The van der Waals surface area contributed by atoms with Gasteiger partial charge in [-0.1, -0.05) is 64.1 Å². The molecule has 3 aromatic rings. The number of aryl methyl sites for hydroxylation is 1. The fourth-order valence-corrected chi connectivity index (χ4v) is 5.23. The quantitative estimate of drug-likeness (QED) is 0.487. The number of allylic oxidation sites excluding steroid dienone is 2. The molecule has 5 nitrogen and oxygen atoms in total. The SMILES string of the molecule is Cc1ccccc1CSc1nc2n(n1)C(c1ccc(Br)cc1)C1=C(CCCC1=O)N2. The molecule has 0 spiro atoms. The first kappa shape index (κ1) is 19.6. The molecule has 2 aliphatic rings. The van der Waals surface area contributed by atoms with E-state index in [9.17, 15) is 4.79 Å². The van der Waals surface area contributed by atoms with E-state index in [1.165, 1.54) is 11.1 Å². The van der Waals surface area contributed by atoms with E-state index in [1.807, 2.05) is 16.8 Å². The summed E-state index contributed by atoms with van der Waals surface area (Å²) in [7, 11) is 0. The summed E-state index contributed by atoms with van der Waals surface area (Å²) < 4.78 is 2.89. The molecule has 30 heavy (non-hydrogen) atoms. The highest BCUT2D eigenvalue weighted by Gasteiger charge is 2.36. The number of nitrogens with zero attached hydrogens (tertiary/aromatic N) is 3. The van der Waals surface area contributed by atoms with Gasteiger partial charge in [0.05, 0.1) is 0 Å². The van der Waals surface area contributed by atoms with Crippen molar-refractivity contribution in [2.45, 2.75) is 43.1 Å². The van der Waals surface area contributed by atoms with Gasteiger partial charge in [-0.15, -0.1) is 5.10 Å². The summed E-state index contributed by atoms with van der Waals surface area (Å²) in [5.74, 6) is 1.72. The molecular formula is C23H21BrN4OS. The molecule has 0 saturated heterocycles. The Bertz CT molecular complexity index is 1150. The maximum Gasteiger partial charge on any atom is 0.227 e. The van der Waals surface area contributed by atoms with Crippen molar-refractivity contribution in [1.82, 2.24) is 14.8 Å². The van der Waals surface area contributed by atoms with Crippen LogP contribution >= 0.6 is 27.7 Å². The molecule has 1 atom stereocenters. The second-order valence-electron chi connectivity index (χ2n) is 7.63. The van der Waals surface area contributed by atoms with Crippen LogP contribution in [0.4, 0.5) is 5.95 Å². The molecular weight excluding hydrogens is 460 g/mol. The summed E-state index contributed by atoms with van der Waals surface area (Å²) in [5.41, 5.74) is 5.41. The van der Waals surface area contributed by atoms with Crippen molar-refractivity contribution >= 4 is 39.4 Å². The number of rotatable bonds is 4. The Balaban J connectivity index is 1.51. The lowest BCUT2D eigenvalue weighted by Crippen LogP contribution is -2.31. The lowest BCUT2D eigenvalue weighted by atomic mass is 9.85.